The summed E-state index contributed by atoms with van der Waals surface area (Å²) in [7, 11) is 0. The molecule has 0 radical (unpaired) electrons. The van der Waals surface area contributed by atoms with Crippen LogP contribution in [0.5, 0.6) is 0 Å². The van der Waals surface area contributed by atoms with Crippen LogP contribution in [0.3, 0.4) is 0 Å². The van der Waals surface area contributed by atoms with E-state index in [-0.39, 0.29) is 16.9 Å². The summed E-state index contributed by atoms with van der Waals surface area (Å²) in [5, 5.41) is 2.69. The number of aromatic nitrogens is 1. The van der Waals surface area contributed by atoms with Crippen LogP contribution in [0.1, 0.15) is 31.8 Å². The van der Waals surface area contributed by atoms with E-state index in [1.807, 2.05) is 13.0 Å². The molecule has 0 aliphatic carbocycles. The number of anilines is 1. The number of ketones is 1. The summed E-state index contributed by atoms with van der Waals surface area (Å²) in [6.07, 6.45) is 1.60. The molecule has 1 amide bonds. The molecule has 0 unspecified atom stereocenters. The zero-order valence-electron chi connectivity index (χ0n) is 13.5. The van der Waals surface area contributed by atoms with Gasteiger partial charge in [0.25, 0.3) is 5.91 Å². The van der Waals surface area contributed by atoms with Gasteiger partial charge in [0.1, 0.15) is 11.6 Å². The van der Waals surface area contributed by atoms with Gasteiger partial charge in [-0.05, 0) is 55.0 Å². The lowest BCUT2D eigenvalue weighted by atomic mass is 9.98. The number of carbonyl (C=O) groups is 2. The Bertz CT molecular complexity index is 936. The van der Waals surface area contributed by atoms with Crippen molar-refractivity contribution in [1.82, 2.24) is 4.98 Å². The van der Waals surface area contributed by atoms with Gasteiger partial charge in [-0.1, -0.05) is 18.2 Å². The van der Waals surface area contributed by atoms with Crippen molar-refractivity contribution in [2.24, 2.45) is 0 Å². The Morgan fingerprint density at radius 2 is 1.64 bits per heavy atom. The minimum absolute atomic E-state index is 0.236. The van der Waals surface area contributed by atoms with Crippen molar-refractivity contribution in [3.05, 3.63) is 94.9 Å². The summed E-state index contributed by atoms with van der Waals surface area (Å²) < 4.78 is 13.1. The quantitative estimate of drug-likeness (QED) is 0.733. The summed E-state index contributed by atoms with van der Waals surface area (Å²) in [4.78, 5) is 29.3. The average Bonchev–Trinajstić information content (AvgIpc) is 2.62. The summed E-state index contributed by atoms with van der Waals surface area (Å²) in [5.74, 6) is -0.783. The molecule has 0 fully saturated rings. The average molecular weight is 334 g/mol. The molecule has 5 heteroatoms. The highest BCUT2D eigenvalue weighted by Gasteiger charge is 2.18. The monoisotopic (exact) mass is 334 g/mol. The number of hydrogen-bond acceptors (Lipinski definition) is 3. The summed E-state index contributed by atoms with van der Waals surface area (Å²) >= 11 is 0. The van der Waals surface area contributed by atoms with Gasteiger partial charge in [0.2, 0.25) is 0 Å². The highest BCUT2D eigenvalue weighted by atomic mass is 19.1. The van der Waals surface area contributed by atoms with Gasteiger partial charge in [0, 0.05) is 17.3 Å². The topological polar surface area (TPSA) is 59.1 Å². The minimum atomic E-state index is -0.427. The molecule has 1 aromatic heterocycles. The van der Waals surface area contributed by atoms with Crippen LogP contribution in [0.4, 0.5) is 10.2 Å². The Kier molecular flexibility index (Phi) is 4.66. The van der Waals surface area contributed by atoms with E-state index >= 15 is 0 Å². The molecular formula is C20H15FN2O2. The standard InChI is InChI=1S/C20H15FN2O2/c1-13-10-11-22-18(12-13)23-20(25)17-5-3-2-4-16(17)19(24)14-6-8-15(21)9-7-14/h2-12H,1H3,(H,22,23,25). The van der Waals surface area contributed by atoms with Crippen LogP contribution in [0.2, 0.25) is 0 Å². The van der Waals surface area contributed by atoms with Crippen LogP contribution in [0.25, 0.3) is 0 Å². The molecule has 0 aliphatic heterocycles. The van der Waals surface area contributed by atoms with E-state index in [0.29, 0.717) is 11.4 Å². The molecule has 25 heavy (non-hydrogen) atoms. The van der Waals surface area contributed by atoms with Crippen LogP contribution >= 0.6 is 0 Å². The molecule has 0 saturated heterocycles. The van der Waals surface area contributed by atoms with Crippen LogP contribution in [-0.4, -0.2) is 16.7 Å². The third kappa shape index (κ3) is 3.77. The van der Waals surface area contributed by atoms with Gasteiger partial charge in [0.15, 0.2) is 5.78 Å². The molecule has 0 aliphatic rings. The number of halogens is 1. The highest BCUT2D eigenvalue weighted by Crippen LogP contribution is 2.17. The summed E-state index contributed by atoms with van der Waals surface area (Å²) in [5.41, 5.74) is 1.76. The number of aryl methyl sites for hydroxylation is 1. The molecule has 1 N–H and O–H groups in total. The third-order valence-corrected chi connectivity index (χ3v) is 3.68. The van der Waals surface area contributed by atoms with E-state index in [9.17, 15) is 14.0 Å². The van der Waals surface area contributed by atoms with Crippen molar-refractivity contribution in [3.8, 4) is 0 Å². The number of benzene rings is 2. The van der Waals surface area contributed by atoms with Gasteiger partial charge in [-0.25, -0.2) is 9.37 Å². The van der Waals surface area contributed by atoms with Crippen molar-refractivity contribution >= 4 is 17.5 Å². The first-order valence-electron chi connectivity index (χ1n) is 7.68. The van der Waals surface area contributed by atoms with Crippen molar-refractivity contribution in [1.29, 1.82) is 0 Å². The zero-order valence-corrected chi connectivity index (χ0v) is 13.5. The number of nitrogens with one attached hydrogen (secondary N) is 1. The van der Waals surface area contributed by atoms with Gasteiger partial charge < -0.3 is 5.32 Å². The predicted molar refractivity (Wildman–Crippen MR) is 93.2 cm³/mol. The van der Waals surface area contributed by atoms with E-state index in [1.165, 1.54) is 24.3 Å². The maximum absolute atomic E-state index is 13.1. The summed E-state index contributed by atoms with van der Waals surface area (Å²) in [6.45, 7) is 1.89. The van der Waals surface area contributed by atoms with Gasteiger partial charge >= 0.3 is 0 Å². The molecule has 124 valence electrons. The molecule has 2 aromatic carbocycles. The number of rotatable bonds is 4. The number of hydrogen-bond donors (Lipinski definition) is 1. The second-order valence-electron chi connectivity index (χ2n) is 5.55. The van der Waals surface area contributed by atoms with Crippen LogP contribution in [0, 0.1) is 12.7 Å². The first kappa shape index (κ1) is 16.5. The minimum Gasteiger partial charge on any atom is -0.307 e. The lowest BCUT2D eigenvalue weighted by Crippen LogP contribution is -2.17. The lowest BCUT2D eigenvalue weighted by Gasteiger charge is -2.09. The van der Waals surface area contributed by atoms with Crippen LogP contribution < -0.4 is 5.32 Å². The van der Waals surface area contributed by atoms with E-state index < -0.39 is 11.7 Å². The molecule has 0 spiro atoms. The van der Waals surface area contributed by atoms with Gasteiger partial charge in [-0.15, -0.1) is 0 Å². The van der Waals surface area contributed by atoms with E-state index in [1.54, 1.807) is 36.5 Å². The first-order valence-corrected chi connectivity index (χ1v) is 7.68. The smallest absolute Gasteiger partial charge is 0.257 e. The fourth-order valence-corrected chi connectivity index (χ4v) is 2.42. The third-order valence-electron chi connectivity index (χ3n) is 3.68. The van der Waals surface area contributed by atoms with Gasteiger partial charge in [-0.2, -0.15) is 0 Å². The Labute approximate surface area is 144 Å². The Hall–Kier alpha value is -3.34. The largest absolute Gasteiger partial charge is 0.307 e. The van der Waals surface area contributed by atoms with Crippen molar-refractivity contribution in [3.63, 3.8) is 0 Å². The maximum Gasteiger partial charge on any atom is 0.257 e. The lowest BCUT2D eigenvalue weighted by molar-refractivity contribution is 0.0996. The first-order chi connectivity index (χ1) is 12.0. The molecule has 0 saturated carbocycles. The van der Waals surface area contributed by atoms with E-state index in [4.69, 9.17) is 0 Å². The second-order valence-corrected chi connectivity index (χ2v) is 5.55. The fourth-order valence-electron chi connectivity index (χ4n) is 2.42. The summed E-state index contributed by atoms with van der Waals surface area (Å²) in [6, 6.07) is 15.3. The normalized spacial score (nSPS) is 10.3. The van der Waals surface area contributed by atoms with Gasteiger partial charge in [0.05, 0.1) is 5.56 Å². The SMILES string of the molecule is Cc1ccnc(NC(=O)c2ccccc2C(=O)c2ccc(F)cc2)c1. The van der Waals surface area contributed by atoms with Crippen molar-refractivity contribution < 1.29 is 14.0 Å². The molecule has 3 aromatic rings. The Balaban J connectivity index is 1.91. The van der Waals surface area contributed by atoms with Crippen LogP contribution in [0.15, 0.2) is 66.9 Å². The highest BCUT2D eigenvalue weighted by molar-refractivity contribution is 6.17. The number of amides is 1. The fraction of sp³-hybridized carbons (Fsp3) is 0.0500. The number of carbonyl (C=O) groups excluding carboxylic acids is 2. The second kappa shape index (κ2) is 7.05. The van der Waals surface area contributed by atoms with Gasteiger partial charge in [-0.3, -0.25) is 9.59 Å². The Morgan fingerprint density at radius 1 is 0.960 bits per heavy atom. The van der Waals surface area contributed by atoms with E-state index in [2.05, 4.69) is 10.3 Å². The molecular weight excluding hydrogens is 319 g/mol. The molecule has 1 heterocycles. The van der Waals surface area contributed by atoms with Crippen molar-refractivity contribution in [2.45, 2.75) is 6.92 Å². The Morgan fingerprint density at radius 3 is 2.32 bits per heavy atom. The van der Waals surface area contributed by atoms with Crippen LogP contribution in [-0.2, 0) is 0 Å². The number of pyridine rings is 1. The molecule has 3 rings (SSSR count). The molecule has 0 atom stereocenters. The predicted octanol–water partition coefficient (Wildman–Crippen LogP) is 4.01. The van der Waals surface area contributed by atoms with Crippen molar-refractivity contribution in [2.75, 3.05) is 5.32 Å². The molecule has 0 bridgehead atoms. The van der Waals surface area contributed by atoms with E-state index in [0.717, 1.165) is 5.56 Å². The maximum atomic E-state index is 13.1. The zero-order chi connectivity index (χ0) is 17.8. The molecule has 4 nitrogen and oxygen atoms in total. The number of nitrogens with zero attached hydrogens (tertiary/aromatic N) is 1.